The van der Waals surface area contributed by atoms with Gasteiger partial charge in [-0.05, 0) is 47.5 Å². The van der Waals surface area contributed by atoms with Crippen molar-refractivity contribution in [2.75, 3.05) is 30.3 Å². The summed E-state index contributed by atoms with van der Waals surface area (Å²) in [6.45, 7) is 6.07. The van der Waals surface area contributed by atoms with Gasteiger partial charge in [0.2, 0.25) is 5.95 Å². The minimum Gasteiger partial charge on any atom is -0.492 e. The highest BCUT2D eigenvalue weighted by Gasteiger charge is 2.04. The van der Waals surface area contributed by atoms with Crippen LogP contribution in [0.3, 0.4) is 0 Å². The molecule has 6 heteroatoms. The maximum Gasteiger partial charge on any atom is 0.224 e. The standard InChI is InChI=1S/C15H19BrN4O/c1-3-17-15-19-10-13(16)14(20-15)18-7-8-21-12-6-4-5-11(2)9-12/h4-6,9-10H,3,7-8H2,1-2H3,(H2,17,18,19,20). The predicted octanol–water partition coefficient (Wildman–Crippen LogP) is 3.47. The number of benzene rings is 1. The Labute approximate surface area is 133 Å². The van der Waals surface area contributed by atoms with Crippen LogP contribution in [0.4, 0.5) is 11.8 Å². The quantitative estimate of drug-likeness (QED) is 0.748. The molecule has 21 heavy (non-hydrogen) atoms. The fourth-order valence-corrected chi connectivity index (χ4v) is 2.11. The van der Waals surface area contributed by atoms with Crippen LogP contribution < -0.4 is 15.4 Å². The number of aryl methyl sites for hydroxylation is 1. The first-order valence-corrected chi connectivity index (χ1v) is 7.68. The first-order chi connectivity index (χ1) is 10.2. The van der Waals surface area contributed by atoms with Crippen molar-refractivity contribution >= 4 is 27.7 Å². The molecule has 0 aliphatic rings. The molecule has 0 bridgehead atoms. The number of hydrogen-bond acceptors (Lipinski definition) is 5. The highest BCUT2D eigenvalue weighted by molar-refractivity contribution is 9.10. The molecule has 0 saturated carbocycles. The second-order valence-corrected chi connectivity index (χ2v) is 5.37. The molecule has 0 spiro atoms. The summed E-state index contributed by atoms with van der Waals surface area (Å²) in [5, 5.41) is 6.32. The third-order valence-corrected chi connectivity index (χ3v) is 3.31. The van der Waals surface area contributed by atoms with Gasteiger partial charge in [0.25, 0.3) is 0 Å². The lowest BCUT2D eigenvalue weighted by Crippen LogP contribution is -2.14. The number of rotatable bonds is 7. The van der Waals surface area contributed by atoms with Gasteiger partial charge in [0, 0.05) is 12.7 Å². The molecule has 0 saturated heterocycles. The molecule has 1 aromatic heterocycles. The van der Waals surface area contributed by atoms with Gasteiger partial charge in [-0.25, -0.2) is 4.98 Å². The summed E-state index contributed by atoms with van der Waals surface area (Å²) in [6, 6.07) is 8.01. The number of nitrogens with one attached hydrogen (secondary N) is 2. The van der Waals surface area contributed by atoms with Crippen LogP contribution in [0, 0.1) is 6.92 Å². The van der Waals surface area contributed by atoms with E-state index in [1.165, 1.54) is 5.56 Å². The van der Waals surface area contributed by atoms with Crippen LogP contribution in [0.15, 0.2) is 34.9 Å². The summed E-state index contributed by atoms with van der Waals surface area (Å²) >= 11 is 3.43. The maximum atomic E-state index is 5.69. The summed E-state index contributed by atoms with van der Waals surface area (Å²) < 4.78 is 6.52. The van der Waals surface area contributed by atoms with E-state index in [-0.39, 0.29) is 0 Å². The Kier molecular flexibility index (Phi) is 5.80. The lowest BCUT2D eigenvalue weighted by molar-refractivity contribution is 0.332. The maximum absolute atomic E-state index is 5.69. The van der Waals surface area contributed by atoms with E-state index in [9.17, 15) is 0 Å². The van der Waals surface area contributed by atoms with Gasteiger partial charge >= 0.3 is 0 Å². The Bertz CT molecular complexity index is 592. The highest BCUT2D eigenvalue weighted by Crippen LogP contribution is 2.19. The second kappa shape index (κ2) is 7.83. The van der Waals surface area contributed by atoms with E-state index >= 15 is 0 Å². The highest BCUT2D eigenvalue weighted by atomic mass is 79.9. The second-order valence-electron chi connectivity index (χ2n) is 4.51. The monoisotopic (exact) mass is 350 g/mol. The molecule has 0 unspecified atom stereocenters. The summed E-state index contributed by atoms with van der Waals surface area (Å²) in [5.41, 5.74) is 1.19. The van der Waals surface area contributed by atoms with E-state index in [2.05, 4.69) is 36.5 Å². The number of anilines is 2. The average Bonchev–Trinajstić information content (AvgIpc) is 2.47. The summed E-state index contributed by atoms with van der Waals surface area (Å²) in [4.78, 5) is 8.56. The molecular weight excluding hydrogens is 332 g/mol. The fraction of sp³-hybridized carbons (Fsp3) is 0.333. The van der Waals surface area contributed by atoms with Gasteiger partial charge in [-0.15, -0.1) is 0 Å². The lowest BCUT2D eigenvalue weighted by Gasteiger charge is -2.10. The molecule has 5 nitrogen and oxygen atoms in total. The fourth-order valence-electron chi connectivity index (χ4n) is 1.78. The molecular formula is C15H19BrN4O. The molecule has 0 radical (unpaired) electrons. The van der Waals surface area contributed by atoms with Gasteiger partial charge in [-0.1, -0.05) is 12.1 Å². The van der Waals surface area contributed by atoms with Gasteiger partial charge < -0.3 is 15.4 Å². The molecule has 2 aromatic rings. The molecule has 2 N–H and O–H groups in total. The number of nitrogens with zero attached hydrogens (tertiary/aromatic N) is 2. The summed E-state index contributed by atoms with van der Waals surface area (Å²) in [5.74, 6) is 2.25. The first-order valence-electron chi connectivity index (χ1n) is 6.89. The van der Waals surface area contributed by atoms with Crippen LogP contribution >= 0.6 is 15.9 Å². The molecule has 0 fully saturated rings. The zero-order valence-corrected chi connectivity index (χ0v) is 13.8. The number of halogens is 1. The number of ether oxygens (including phenoxy) is 1. The third-order valence-electron chi connectivity index (χ3n) is 2.73. The van der Waals surface area contributed by atoms with Crippen molar-refractivity contribution in [3.8, 4) is 5.75 Å². The number of aromatic nitrogens is 2. The Morgan fingerprint density at radius 3 is 2.90 bits per heavy atom. The van der Waals surface area contributed by atoms with E-state index in [0.717, 1.165) is 22.6 Å². The minimum absolute atomic E-state index is 0.566. The molecule has 0 atom stereocenters. The summed E-state index contributed by atoms with van der Waals surface area (Å²) in [6.07, 6.45) is 1.73. The zero-order valence-electron chi connectivity index (χ0n) is 12.2. The van der Waals surface area contributed by atoms with Gasteiger partial charge in [0.15, 0.2) is 0 Å². The zero-order chi connectivity index (χ0) is 15.1. The molecule has 0 aliphatic carbocycles. The summed E-state index contributed by atoms with van der Waals surface area (Å²) in [7, 11) is 0. The SMILES string of the molecule is CCNc1ncc(Br)c(NCCOc2cccc(C)c2)n1. The van der Waals surface area contributed by atoms with E-state index in [0.29, 0.717) is 19.1 Å². The molecule has 1 aromatic carbocycles. The van der Waals surface area contributed by atoms with Crippen LogP contribution in [0.1, 0.15) is 12.5 Å². The Morgan fingerprint density at radius 2 is 2.14 bits per heavy atom. The van der Waals surface area contributed by atoms with Crippen molar-refractivity contribution in [3.05, 3.63) is 40.5 Å². The first kappa shape index (κ1) is 15.6. The van der Waals surface area contributed by atoms with Crippen LogP contribution in [0.5, 0.6) is 5.75 Å². The van der Waals surface area contributed by atoms with Crippen LogP contribution in [-0.4, -0.2) is 29.7 Å². The lowest BCUT2D eigenvalue weighted by atomic mass is 10.2. The van der Waals surface area contributed by atoms with Crippen molar-refractivity contribution in [2.45, 2.75) is 13.8 Å². The topological polar surface area (TPSA) is 59.1 Å². The molecule has 112 valence electrons. The largest absolute Gasteiger partial charge is 0.492 e. The minimum atomic E-state index is 0.566. The van der Waals surface area contributed by atoms with Crippen molar-refractivity contribution < 1.29 is 4.74 Å². The average molecular weight is 351 g/mol. The molecule has 0 amide bonds. The third kappa shape index (κ3) is 4.90. The van der Waals surface area contributed by atoms with Gasteiger partial charge in [-0.3, -0.25) is 0 Å². The normalized spacial score (nSPS) is 10.2. The molecule has 0 aliphatic heterocycles. The van der Waals surface area contributed by atoms with Gasteiger partial charge in [0.05, 0.1) is 11.0 Å². The Morgan fingerprint density at radius 1 is 1.29 bits per heavy atom. The smallest absolute Gasteiger partial charge is 0.224 e. The van der Waals surface area contributed by atoms with Crippen LogP contribution in [0.2, 0.25) is 0 Å². The molecule has 1 heterocycles. The van der Waals surface area contributed by atoms with Crippen molar-refractivity contribution in [1.82, 2.24) is 9.97 Å². The van der Waals surface area contributed by atoms with Crippen molar-refractivity contribution in [3.63, 3.8) is 0 Å². The van der Waals surface area contributed by atoms with E-state index in [1.54, 1.807) is 6.20 Å². The van der Waals surface area contributed by atoms with Gasteiger partial charge in [-0.2, -0.15) is 4.98 Å². The van der Waals surface area contributed by atoms with Crippen molar-refractivity contribution in [2.24, 2.45) is 0 Å². The van der Waals surface area contributed by atoms with Gasteiger partial charge in [0.1, 0.15) is 18.2 Å². The van der Waals surface area contributed by atoms with Crippen molar-refractivity contribution in [1.29, 1.82) is 0 Å². The molecule has 2 rings (SSSR count). The van der Waals surface area contributed by atoms with E-state index < -0.39 is 0 Å². The van der Waals surface area contributed by atoms with Crippen LogP contribution in [-0.2, 0) is 0 Å². The Balaban J connectivity index is 1.84. The predicted molar refractivity (Wildman–Crippen MR) is 89.1 cm³/mol. The number of hydrogen-bond donors (Lipinski definition) is 2. The van der Waals surface area contributed by atoms with E-state index in [1.807, 2.05) is 38.1 Å². The van der Waals surface area contributed by atoms with E-state index in [4.69, 9.17) is 4.74 Å². The Hall–Kier alpha value is -1.82. The van der Waals surface area contributed by atoms with Crippen LogP contribution in [0.25, 0.3) is 0 Å².